The van der Waals surface area contributed by atoms with E-state index in [-0.39, 0.29) is 17.9 Å². The molecule has 1 atom stereocenters. The first-order valence-electron chi connectivity index (χ1n) is 5.44. The Morgan fingerprint density at radius 1 is 1.69 bits per heavy atom. The third kappa shape index (κ3) is 2.51. The number of hydrogen-bond donors (Lipinski definition) is 3. The van der Waals surface area contributed by atoms with Gasteiger partial charge in [-0.3, -0.25) is 19.9 Å². The van der Waals surface area contributed by atoms with Crippen LogP contribution in [-0.2, 0) is 9.59 Å². The number of hydrogen-bond acceptors (Lipinski definition) is 4. The SMILES string of the molecule is CC(CC(=O)NN)N1CCNC(=O)C1(C)C. The minimum Gasteiger partial charge on any atom is -0.353 e. The second-order valence-electron chi connectivity index (χ2n) is 4.63. The van der Waals surface area contributed by atoms with Crippen molar-refractivity contribution in [3.05, 3.63) is 0 Å². The molecule has 1 saturated heterocycles. The molecule has 0 saturated carbocycles. The summed E-state index contributed by atoms with van der Waals surface area (Å²) in [7, 11) is 0. The Balaban J connectivity index is 2.70. The van der Waals surface area contributed by atoms with E-state index in [1.807, 2.05) is 25.7 Å². The quantitative estimate of drug-likeness (QED) is 0.327. The van der Waals surface area contributed by atoms with E-state index < -0.39 is 5.54 Å². The third-order valence-electron chi connectivity index (χ3n) is 3.09. The fourth-order valence-corrected chi connectivity index (χ4v) is 2.12. The predicted octanol–water partition coefficient (Wildman–Crippen LogP) is -1.03. The van der Waals surface area contributed by atoms with E-state index in [1.54, 1.807) is 0 Å². The van der Waals surface area contributed by atoms with Gasteiger partial charge in [-0.2, -0.15) is 0 Å². The van der Waals surface area contributed by atoms with E-state index in [2.05, 4.69) is 10.7 Å². The predicted molar refractivity (Wildman–Crippen MR) is 60.2 cm³/mol. The monoisotopic (exact) mass is 228 g/mol. The van der Waals surface area contributed by atoms with Crippen molar-refractivity contribution in [1.29, 1.82) is 0 Å². The van der Waals surface area contributed by atoms with Crippen molar-refractivity contribution in [2.75, 3.05) is 13.1 Å². The highest BCUT2D eigenvalue weighted by Gasteiger charge is 2.40. The van der Waals surface area contributed by atoms with Gasteiger partial charge in [0.2, 0.25) is 11.8 Å². The maximum absolute atomic E-state index is 11.7. The number of nitrogens with zero attached hydrogens (tertiary/aromatic N) is 1. The van der Waals surface area contributed by atoms with E-state index in [4.69, 9.17) is 5.84 Å². The molecule has 1 fully saturated rings. The average molecular weight is 228 g/mol. The van der Waals surface area contributed by atoms with Crippen LogP contribution in [0.15, 0.2) is 0 Å². The molecule has 1 aliphatic heterocycles. The lowest BCUT2D eigenvalue weighted by atomic mass is 9.96. The van der Waals surface area contributed by atoms with Crippen LogP contribution in [0.2, 0.25) is 0 Å². The van der Waals surface area contributed by atoms with E-state index in [0.717, 1.165) is 6.54 Å². The minimum atomic E-state index is -0.577. The number of carbonyl (C=O) groups excluding carboxylic acids is 2. The Morgan fingerprint density at radius 2 is 2.31 bits per heavy atom. The number of rotatable bonds is 3. The second-order valence-corrected chi connectivity index (χ2v) is 4.63. The van der Waals surface area contributed by atoms with Gasteiger partial charge in [0.15, 0.2) is 0 Å². The fourth-order valence-electron chi connectivity index (χ4n) is 2.12. The van der Waals surface area contributed by atoms with Crippen LogP contribution in [0.5, 0.6) is 0 Å². The van der Waals surface area contributed by atoms with Gasteiger partial charge in [-0.05, 0) is 20.8 Å². The first-order valence-corrected chi connectivity index (χ1v) is 5.44. The van der Waals surface area contributed by atoms with Crippen LogP contribution >= 0.6 is 0 Å². The summed E-state index contributed by atoms with van der Waals surface area (Å²) in [5.41, 5.74) is 1.53. The Hall–Kier alpha value is -1.14. The molecule has 0 bridgehead atoms. The largest absolute Gasteiger partial charge is 0.353 e. The normalized spacial score (nSPS) is 22.4. The number of amides is 2. The minimum absolute atomic E-state index is 0.00115. The van der Waals surface area contributed by atoms with Crippen molar-refractivity contribution in [2.45, 2.75) is 38.8 Å². The van der Waals surface area contributed by atoms with Gasteiger partial charge in [0.25, 0.3) is 0 Å². The van der Waals surface area contributed by atoms with Crippen molar-refractivity contribution in [2.24, 2.45) is 5.84 Å². The van der Waals surface area contributed by atoms with Gasteiger partial charge >= 0.3 is 0 Å². The van der Waals surface area contributed by atoms with Crippen molar-refractivity contribution >= 4 is 11.8 Å². The van der Waals surface area contributed by atoms with Crippen molar-refractivity contribution in [1.82, 2.24) is 15.6 Å². The summed E-state index contributed by atoms with van der Waals surface area (Å²) in [4.78, 5) is 24.9. The van der Waals surface area contributed by atoms with Gasteiger partial charge < -0.3 is 5.32 Å². The number of piperazine rings is 1. The highest BCUT2D eigenvalue weighted by atomic mass is 16.2. The second kappa shape index (κ2) is 4.80. The van der Waals surface area contributed by atoms with Crippen molar-refractivity contribution in [3.63, 3.8) is 0 Å². The van der Waals surface area contributed by atoms with Gasteiger partial charge in [-0.25, -0.2) is 5.84 Å². The first kappa shape index (κ1) is 12.9. The van der Waals surface area contributed by atoms with E-state index in [9.17, 15) is 9.59 Å². The van der Waals surface area contributed by atoms with Crippen LogP contribution in [0.3, 0.4) is 0 Å². The lowest BCUT2D eigenvalue weighted by molar-refractivity contribution is -0.138. The lowest BCUT2D eigenvalue weighted by Gasteiger charge is -2.44. The van der Waals surface area contributed by atoms with Crippen LogP contribution < -0.4 is 16.6 Å². The highest BCUT2D eigenvalue weighted by molar-refractivity contribution is 5.86. The molecule has 0 radical (unpaired) electrons. The summed E-state index contributed by atoms with van der Waals surface area (Å²) >= 11 is 0. The summed E-state index contributed by atoms with van der Waals surface area (Å²) in [5, 5.41) is 2.82. The van der Waals surface area contributed by atoms with E-state index in [1.165, 1.54) is 0 Å². The molecule has 0 aromatic carbocycles. The smallest absolute Gasteiger partial charge is 0.240 e. The molecule has 4 N–H and O–H groups in total. The zero-order valence-electron chi connectivity index (χ0n) is 10.0. The van der Waals surface area contributed by atoms with Crippen LogP contribution in [0.25, 0.3) is 0 Å². The van der Waals surface area contributed by atoms with Gasteiger partial charge in [0.05, 0.1) is 5.54 Å². The average Bonchev–Trinajstić information content (AvgIpc) is 2.21. The number of nitrogens with two attached hydrogens (primary N) is 1. The molecule has 0 aromatic heterocycles. The molecule has 0 spiro atoms. The Labute approximate surface area is 95.5 Å². The van der Waals surface area contributed by atoms with Crippen LogP contribution in [0.4, 0.5) is 0 Å². The number of nitrogens with one attached hydrogen (secondary N) is 2. The molecule has 2 amide bonds. The Bertz CT molecular complexity index is 291. The summed E-state index contributed by atoms with van der Waals surface area (Å²) in [5.74, 6) is 4.83. The molecule has 0 aromatic rings. The molecule has 16 heavy (non-hydrogen) atoms. The van der Waals surface area contributed by atoms with Crippen molar-refractivity contribution in [3.8, 4) is 0 Å². The molecule has 1 heterocycles. The molecular weight excluding hydrogens is 208 g/mol. The van der Waals surface area contributed by atoms with Crippen LogP contribution in [-0.4, -0.2) is 41.4 Å². The molecule has 0 aliphatic carbocycles. The third-order valence-corrected chi connectivity index (χ3v) is 3.09. The first-order chi connectivity index (χ1) is 7.39. The lowest BCUT2D eigenvalue weighted by Crippen LogP contribution is -2.64. The fraction of sp³-hybridized carbons (Fsp3) is 0.800. The van der Waals surface area contributed by atoms with Gasteiger partial charge in [-0.1, -0.05) is 0 Å². The molecule has 1 unspecified atom stereocenters. The topological polar surface area (TPSA) is 87.5 Å². The Morgan fingerprint density at radius 3 is 2.88 bits per heavy atom. The zero-order chi connectivity index (χ0) is 12.3. The standard InChI is InChI=1S/C10H20N4O2/c1-7(6-8(15)13-11)14-5-4-12-9(16)10(14,2)3/h7H,4-6,11H2,1-3H3,(H,12,16)(H,13,15). The summed E-state index contributed by atoms with van der Waals surface area (Å²) in [6.07, 6.45) is 0.299. The maximum Gasteiger partial charge on any atom is 0.240 e. The number of hydrazine groups is 1. The molecule has 6 nitrogen and oxygen atoms in total. The van der Waals surface area contributed by atoms with Gasteiger partial charge in [0, 0.05) is 25.6 Å². The van der Waals surface area contributed by atoms with Crippen LogP contribution in [0.1, 0.15) is 27.2 Å². The summed E-state index contributed by atoms with van der Waals surface area (Å²) in [6, 6.07) is -0.00963. The van der Waals surface area contributed by atoms with E-state index >= 15 is 0 Å². The maximum atomic E-state index is 11.7. The molecular formula is C10H20N4O2. The number of carbonyl (C=O) groups is 2. The van der Waals surface area contributed by atoms with Crippen LogP contribution in [0, 0.1) is 0 Å². The zero-order valence-corrected chi connectivity index (χ0v) is 10.0. The summed E-state index contributed by atoms with van der Waals surface area (Å²) in [6.45, 7) is 7.01. The molecule has 6 heteroatoms. The highest BCUT2D eigenvalue weighted by Crippen LogP contribution is 2.21. The molecule has 1 aliphatic rings. The summed E-state index contributed by atoms with van der Waals surface area (Å²) < 4.78 is 0. The van der Waals surface area contributed by atoms with Gasteiger partial charge in [-0.15, -0.1) is 0 Å². The van der Waals surface area contributed by atoms with Crippen molar-refractivity contribution < 1.29 is 9.59 Å². The molecule has 1 rings (SSSR count). The molecule has 92 valence electrons. The van der Waals surface area contributed by atoms with E-state index in [0.29, 0.717) is 13.0 Å². The van der Waals surface area contributed by atoms with Gasteiger partial charge in [0.1, 0.15) is 0 Å². The Kier molecular flexibility index (Phi) is 3.88.